The molecule has 0 bridgehead atoms. The Labute approximate surface area is 114 Å². The number of rotatable bonds is 5. The standard InChI is InChI=1S/C14H23N3O2/c1-18-14(8-4-5-9-14)13-16-12(19-17-13)10-15-11-6-2-3-7-11/h11,15H,2-10H2,1H3. The summed E-state index contributed by atoms with van der Waals surface area (Å²) in [6.45, 7) is 0.678. The molecule has 0 unspecified atom stereocenters. The molecule has 1 aromatic heterocycles. The van der Waals surface area contributed by atoms with Crippen molar-refractivity contribution in [3.63, 3.8) is 0 Å². The molecule has 0 amide bonds. The second-order valence-corrected chi connectivity index (χ2v) is 5.78. The first-order chi connectivity index (χ1) is 9.32. The van der Waals surface area contributed by atoms with Crippen LogP contribution in [0.15, 0.2) is 4.52 Å². The van der Waals surface area contributed by atoms with Gasteiger partial charge in [0.05, 0.1) is 6.54 Å². The number of ether oxygens (including phenoxy) is 1. The molecule has 0 aromatic carbocycles. The highest BCUT2D eigenvalue weighted by Gasteiger charge is 2.40. The van der Waals surface area contributed by atoms with E-state index in [9.17, 15) is 0 Å². The third-order valence-corrected chi connectivity index (χ3v) is 4.57. The topological polar surface area (TPSA) is 60.2 Å². The molecule has 5 heteroatoms. The molecule has 2 saturated carbocycles. The van der Waals surface area contributed by atoms with Gasteiger partial charge in [0.25, 0.3) is 0 Å². The van der Waals surface area contributed by atoms with E-state index >= 15 is 0 Å². The largest absolute Gasteiger partial charge is 0.370 e. The molecule has 2 aliphatic carbocycles. The van der Waals surface area contributed by atoms with Crippen molar-refractivity contribution in [3.8, 4) is 0 Å². The van der Waals surface area contributed by atoms with Crippen LogP contribution in [0.3, 0.4) is 0 Å². The minimum atomic E-state index is -0.297. The average Bonchev–Trinajstić information content (AvgIpc) is 3.17. The third kappa shape index (κ3) is 2.67. The molecule has 5 nitrogen and oxygen atoms in total. The van der Waals surface area contributed by atoms with Gasteiger partial charge in [0.2, 0.25) is 11.7 Å². The molecule has 1 N–H and O–H groups in total. The fourth-order valence-corrected chi connectivity index (χ4v) is 3.34. The highest BCUT2D eigenvalue weighted by Crippen LogP contribution is 2.40. The smallest absolute Gasteiger partial charge is 0.240 e. The number of hydrogen-bond acceptors (Lipinski definition) is 5. The van der Waals surface area contributed by atoms with Crippen LogP contribution in [-0.4, -0.2) is 23.3 Å². The van der Waals surface area contributed by atoms with E-state index in [-0.39, 0.29) is 5.60 Å². The molecule has 0 aliphatic heterocycles. The summed E-state index contributed by atoms with van der Waals surface area (Å²) in [4.78, 5) is 4.53. The van der Waals surface area contributed by atoms with Gasteiger partial charge in [-0.05, 0) is 38.5 Å². The second kappa shape index (κ2) is 5.59. The van der Waals surface area contributed by atoms with Crippen LogP contribution in [-0.2, 0) is 16.9 Å². The first kappa shape index (κ1) is 13.1. The molecule has 0 atom stereocenters. The van der Waals surface area contributed by atoms with Crippen molar-refractivity contribution >= 4 is 0 Å². The summed E-state index contributed by atoms with van der Waals surface area (Å²) in [5, 5.41) is 7.63. The van der Waals surface area contributed by atoms with E-state index < -0.39 is 0 Å². The van der Waals surface area contributed by atoms with Crippen molar-refractivity contribution < 1.29 is 9.26 Å². The average molecular weight is 265 g/mol. The zero-order valence-electron chi connectivity index (χ0n) is 11.7. The highest BCUT2D eigenvalue weighted by atomic mass is 16.5. The molecule has 0 saturated heterocycles. The van der Waals surface area contributed by atoms with Crippen LogP contribution in [0.4, 0.5) is 0 Å². The van der Waals surface area contributed by atoms with Gasteiger partial charge in [-0.1, -0.05) is 18.0 Å². The van der Waals surface area contributed by atoms with Gasteiger partial charge in [-0.3, -0.25) is 0 Å². The maximum atomic E-state index is 5.67. The Morgan fingerprint density at radius 3 is 2.68 bits per heavy atom. The second-order valence-electron chi connectivity index (χ2n) is 5.78. The molecule has 0 radical (unpaired) electrons. The Morgan fingerprint density at radius 2 is 2.00 bits per heavy atom. The van der Waals surface area contributed by atoms with Gasteiger partial charge in [0, 0.05) is 13.2 Å². The monoisotopic (exact) mass is 265 g/mol. The lowest BCUT2D eigenvalue weighted by molar-refractivity contribution is -0.0178. The van der Waals surface area contributed by atoms with Crippen LogP contribution >= 0.6 is 0 Å². The van der Waals surface area contributed by atoms with Gasteiger partial charge >= 0.3 is 0 Å². The molecule has 0 spiro atoms. The first-order valence-electron chi connectivity index (χ1n) is 7.44. The van der Waals surface area contributed by atoms with E-state index in [2.05, 4.69) is 15.5 Å². The molecule has 3 rings (SSSR count). The predicted molar refractivity (Wildman–Crippen MR) is 70.5 cm³/mol. The molecule has 19 heavy (non-hydrogen) atoms. The highest BCUT2D eigenvalue weighted by molar-refractivity contribution is 5.04. The Balaban J connectivity index is 1.62. The van der Waals surface area contributed by atoms with Crippen LogP contribution in [0.2, 0.25) is 0 Å². The maximum absolute atomic E-state index is 5.67. The summed E-state index contributed by atoms with van der Waals surface area (Å²) in [6, 6.07) is 0.623. The van der Waals surface area contributed by atoms with Crippen LogP contribution in [0.25, 0.3) is 0 Å². The number of nitrogens with one attached hydrogen (secondary N) is 1. The Kier molecular flexibility index (Phi) is 3.84. The van der Waals surface area contributed by atoms with E-state index in [1.54, 1.807) is 7.11 Å². The lowest BCUT2D eigenvalue weighted by atomic mass is 10.0. The summed E-state index contributed by atoms with van der Waals surface area (Å²) in [6.07, 6.45) is 9.55. The zero-order chi connectivity index (χ0) is 13.1. The van der Waals surface area contributed by atoms with E-state index in [1.165, 1.54) is 38.5 Å². The molecule has 2 aliphatic rings. The van der Waals surface area contributed by atoms with Crippen molar-refractivity contribution in [1.82, 2.24) is 15.5 Å². The minimum absolute atomic E-state index is 0.297. The maximum Gasteiger partial charge on any atom is 0.240 e. The van der Waals surface area contributed by atoms with E-state index in [0.29, 0.717) is 18.5 Å². The van der Waals surface area contributed by atoms with E-state index in [0.717, 1.165) is 18.7 Å². The van der Waals surface area contributed by atoms with Crippen molar-refractivity contribution in [1.29, 1.82) is 0 Å². The summed E-state index contributed by atoms with van der Waals surface area (Å²) < 4.78 is 11.0. The van der Waals surface area contributed by atoms with Crippen molar-refractivity contribution in [2.75, 3.05) is 7.11 Å². The van der Waals surface area contributed by atoms with Gasteiger partial charge in [-0.15, -0.1) is 0 Å². The van der Waals surface area contributed by atoms with Gasteiger partial charge in [0.15, 0.2) is 0 Å². The summed E-state index contributed by atoms with van der Waals surface area (Å²) in [5.41, 5.74) is -0.297. The fraction of sp³-hybridized carbons (Fsp3) is 0.857. The SMILES string of the molecule is COC1(c2noc(CNC3CCCC3)n2)CCCC1. The van der Waals surface area contributed by atoms with Crippen LogP contribution in [0, 0.1) is 0 Å². The first-order valence-corrected chi connectivity index (χ1v) is 7.44. The normalized spacial score (nSPS) is 23.2. The molecule has 1 heterocycles. The number of nitrogens with zero attached hydrogens (tertiary/aromatic N) is 2. The minimum Gasteiger partial charge on any atom is -0.370 e. The van der Waals surface area contributed by atoms with Crippen molar-refractivity contribution in [2.24, 2.45) is 0 Å². The molecular formula is C14H23N3O2. The quantitative estimate of drug-likeness (QED) is 0.886. The van der Waals surface area contributed by atoms with Crippen molar-refractivity contribution in [2.45, 2.75) is 69.6 Å². The lowest BCUT2D eigenvalue weighted by Crippen LogP contribution is -2.27. The summed E-state index contributed by atoms with van der Waals surface area (Å²) in [5.74, 6) is 1.42. The summed E-state index contributed by atoms with van der Waals surface area (Å²) >= 11 is 0. The van der Waals surface area contributed by atoms with Crippen LogP contribution in [0.5, 0.6) is 0 Å². The van der Waals surface area contributed by atoms with Gasteiger partial charge in [-0.25, -0.2) is 0 Å². The van der Waals surface area contributed by atoms with Crippen LogP contribution < -0.4 is 5.32 Å². The van der Waals surface area contributed by atoms with E-state index in [4.69, 9.17) is 9.26 Å². The number of aromatic nitrogens is 2. The predicted octanol–water partition coefficient (Wildman–Crippen LogP) is 2.52. The molecular weight excluding hydrogens is 242 g/mol. The zero-order valence-corrected chi connectivity index (χ0v) is 11.7. The van der Waals surface area contributed by atoms with Crippen molar-refractivity contribution in [3.05, 3.63) is 11.7 Å². The molecule has 2 fully saturated rings. The molecule has 1 aromatic rings. The Bertz CT molecular complexity index is 407. The third-order valence-electron chi connectivity index (χ3n) is 4.57. The van der Waals surface area contributed by atoms with Gasteiger partial charge in [0.1, 0.15) is 5.60 Å². The van der Waals surface area contributed by atoms with E-state index in [1.807, 2.05) is 0 Å². The lowest BCUT2D eigenvalue weighted by Gasteiger charge is -2.22. The number of methoxy groups -OCH3 is 1. The summed E-state index contributed by atoms with van der Waals surface area (Å²) in [7, 11) is 1.75. The van der Waals surface area contributed by atoms with Gasteiger partial charge in [-0.2, -0.15) is 4.98 Å². The Morgan fingerprint density at radius 1 is 1.26 bits per heavy atom. The fourth-order valence-electron chi connectivity index (χ4n) is 3.34. The van der Waals surface area contributed by atoms with Crippen LogP contribution in [0.1, 0.15) is 63.1 Å². The number of hydrogen-bond donors (Lipinski definition) is 1. The van der Waals surface area contributed by atoms with Gasteiger partial charge < -0.3 is 14.6 Å². The molecule has 106 valence electrons. The Hall–Kier alpha value is -0.940.